The molecule has 0 bridgehead atoms. The maximum atomic E-state index is 12.7. The monoisotopic (exact) mass is 412 g/mol. The van der Waals surface area contributed by atoms with Gasteiger partial charge in [0.15, 0.2) is 0 Å². The minimum Gasteiger partial charge on any atom is -0.496 e. The van der Waals surface area contributed by atoms with Crippen LogP contribution >= 0.6 is 11.6 Å². The molecule has 0 aliphatic carbocycles. The Bertz CT molecular complexity index is 991. The topological polar surface area (TPSA) is 111 Å². The zero-order valence-electron chi connectivity index (χ0n) is 14.7. The van der Waals surface area contributed by atoms with Crippen LogP contribution in [0.4, 0.5) is 5.69 Å². The van der Waals surface area contributed by atoms with Crippen molar-refractivity contribution in [3.8, 4) is 5.75 Å². The van der Waals surface area contributed by atoms with Gasteiger partial charge in [0.2, 0.25) is 0 Å². The van der Waals surface area contributed by atoms with E-state index in [4.69, 9.17) is 16.3 Å². The van der Waals surface area contributed by atoms with Crippen LogP contribution in [0.1, 0.15) is 20.7 Å². The molecule has 0 unspecified atom stereocenters. The highest BCUT2D eigenvalue weighted by Crippen LogP contribution is 2.28. The van der Waals surface area contributed by atoms with Gasteiger partial charge in [-0.2, -0.15) is 0 Å². The molecular weight excluding hydrogens is 396 g/mol. The number of esters is 1. The summed E-state index contributed by atoms with van der Waals surface area (Å²) in [5.74, 6) is -0.924. The third-order valence-electron chi connectivity index (χ3n) is 3.58. The summed E-state index contributed by atoms with van der Waals surface area (Å²) in [6, 6.07) is 7.86. The van der Waals surface area contributed by atoms with Crippen LogP contribution in [0, 0.1) is 0 Å². The van der Waals surface area contributed by atoms with Gasteiger partial charge in [0.05, 0.1) is 41.0 Å². The van der Waals surface area contributed by atoms with Crippen molar-refractivity contribution in [2.24, 2.45) is 0 Å². The summed E-state index contributed by atoms with van der Waals surface area (Å²) >= 11 is 6.03. The Balaban J connectivity index is 2.45. The zero-order chi connectivity index (χ0) is 20.2. The smallest absolute Gasteiger partial charge is 0.337 e. The van der Waals surface area contributed by atoms with Gasteiger partial charge in [0, 0.05) is 7.05 Å². The molecule has 0 aliphatic rings. The number of hydrogen-bond acceptors (Lipinski definition) is 6. The molecule has 8 nitrogen and oxygen atoms in total. The quantitative estimate of drug-likeness (QED) is 0.704. The Morgan fingerprint density at radius 3 is 2.37 bits per heavy atom. The van der Waals surface area contributed by atoms with Crippen LogP contribution in [-0.2, 0) is 14.8 Å². The number of methoxy groups -OCH3 is 2. The number of anilines is 1. The fourth-order valence-electron chi connectivity index (χ4n) is 2.22. The number of nitrogens with one attached hydrogen (secondary N) is 2. The van der Waals surface area contributed by atoms with Crippen molar-refractivity contribution in [2.75, 3.05) is 26.0 Å². The second-order valence-electron chi connectivity index (χ2n) is 5.23. The maximum absolute atomic E-state index is 12.7. The average Bonchev–Trinajstić information content (AvgIpc) is 2.67. The Hall–Kier alpha value is -2.78. The van der Waals surface area contributed by atoms with Crippen LogP contribution in [0.5, 0.6) is 5.75 Å². The molecule has 0 spiro atoms. The largest absolute Gasteiger partial charge is 0.496 e. The van der Waals surface area contributed by atoms with Gasteiger partial charge in [0.25, 0.3) is 15.9 Å². The first-order valence-electron chi connectivity index (χ1n) is 7.54. The van der Waals surface area contributed by atoms with Crippen LogP contribution in [0.3, 0.4) is 0 Å². The first-order valence-corrected chi connectivity index (χ1v) is 9.40. The number of amides is 1. The Morgan fingerprint density at radius 2 is 1.78 bits per heavy atom. The molecule has 0 saturated heterocycles. The molecular formula is C17H17ClN2O6S. The van der Waals surface area contributed by atoms with Crippen molar-refractivity contribution in [1.82, 2.24) is 5.32 Å². The molecule has 0 aromatic heterocycles. The van der Waals surface area contributed by atoms with Crippen LogP contribution in [0.25, 0.3) is 0 Å². The Labute approximate surface area is 161 Å². The first-order chi connectivity index (χ1) is 12.7. The van der Waals surface area contributed by atoms with Crippen LogP contribution < -0.4 is 14.8 Å². The summed E-state index contributed by atoms with van der Waals surface area (Å²) in [5.41, 5.74) is 0.176. The van der Waals surface area contributed by atoms with Crippen molar-refractivity contribution in [3.63, 3.8) is 0 Å². The van der Waals surface area contributed by atoms with Gasteiger partial charge in [-0.15, -0.1) is 0 Å². The van der Waals surface area contributed by atoms with E-state index in [0.717, 1.165) is 0 Å². The van der Waals surface area contributed by atoms with Gasteiger partial charge in [0.1, 0.15) is 5.75 Å². The molecule has 10 heteroatoms. The normalized spacial score (nSPS) is 10.8. The summed E-state index contributed by atoms with van der Waals surface area (Å²) < 4.78 is 37.4. The molecule has 0 radical (unpaired) electrons. The highest BCUT2D eigenvalue weighted by molar-refractivity contribution is 7.92. The number of carbonyl (C=O) groups excluding carboxylic acids is 2. The summed E-state index contributed by atoms with van der Waals surface area (Å²) in [5, 5.41) is 2.50. The van der Waals surface area contributed by atoms with E-state index in [0.29, 0.717) is 0 Å². The molecule has 0 heterocycles. The van der Waals surface area contributed by atoms with Gasteiger partial charge < -0.3 is 14.8 Å². The van der Waals surface area contributed by atoms with Gasteiger partial charge in [-0.05, 0) is 36.4 Å². The third-order valence-corrected chi connectivity index (χ3v) is 5.28. The Kier molecular flexibility index (Phi) is 6.29. The maximum Gasteiger partial charge on any atom is 0.337 e. The van der Waals surface area contributed by atoms with E-state index in [1.54, 1.807) is 0 Å². The van der Waals surface area contributed by atoms with Gasteiger partial charge in [-0.25, -0.2) is 13.2 Å². The first kappa shape index (κ1) is 20.5. The second kappa shape index (κ2) is 8.28. The van der Waals surface area contributed by atoms with Crippen molar-refractivity contribution in [1.29, 1.82) is 0 Å². The number of ether oxygens (including phenoxy) is 2. The van der Waals surface area contributed by atoms with Gasteiger partial charge in [-0.3, -0.25) is 9.52 Å². The highest BCUT2D eigenvalue weighted by Gasteiger charge is 2.21. The summed E-state index contributed by atoms with van der Waals surface area (Å²) in [7, 11) is -0.106. The SMILES string of the molecule is CNC(=O)c1cc(S(=O)(=O)Nc2cc(C(=O)OC)ccc2Cl)ccc1OC. The van der Waals surface area contributed by atoms with Crippen molar-refractivity contribution in [2.45, 2.75) is 4.90 Å². The molecule has 0 aliphatic heterocycles. The van der Waals surface area contributed by atoms with E-state index in [1.165, 1.54) is 57.7 Å². The fourth-order valence-corrected chi connectivity index (χ4v) is 3.54. The lowest BCUT2D eigenvalue weighted by Crippen LogP contribution is -2.20. The van der Waals surface area contributed by atoms with Crippen LogP contribution in [-0.4, -0.2) is 41.6 Å². The molecule has 144 valence electrons. The van der Waals surface area contributed by atoms with Crippen LogP contribution in [0.2, 0.25) is 5.02 Å². The molecule has 0 saturated carbocycles. The van der Waals surface area contributed by atoms with E-state index < -0.39 is 21.9 Å². The zero-order valence-corrected chi connectivity index (χ0v) is 16.3. The predicted molar refractivity (Wildman–Crippen MR) is 100.0 cm³/mol. The summed E-state index contributed by atoms with van der Waals surface area (Å²) in [4.78, 5) is 23.4. The molecule has 0 atom stereocenters. The molecule has 2 N–H and O–H groups in total. The van der Waals surface area contributed by atoms with Crippen molar-refractivity contribution >= 4 is 39.2 Å². The second-order valence-corrected chi connectivity index (χ2v) is 7.32. The van der Waals surface area contributed by atoms with Gasteiger partial charge in [-0.1, -0.05) is 11.6 Å². The van der Waals surface area contributed by atoms with Crippen LogP contribution in [0.15, 0.2) is 41.3 Å². The number of halogens is 1. The average molecular weight is 413 g/mol. The van der Waals surface area contributed by atoms with E-state index in [9.17, 15) is 18.0 Å². The van der Waals surface area contributed by atoms with Gasteiger partial charge >= 0.3 is 5.97 Å². The number of carbonyl (C=O) groups is 2. The molecule has 2 aromatic carbocycles. The molecule has 1 amide bonds. The number of hydrogen-bond donors (Lipinski definition) is 2. The van der Waals surface area contributed by atoms with E-state index >= 15 is 0 Å². The molecule has 2 rings (SSSR count). The minimum absolute atomic E-state index is 0.00289. The van der Waals surface area contributed by atoms with E-state index in [-0.39, 0.29) is 32.5 Å². The Morgan fingerprint density at radius 1 is 1.07 bits per heavy atom. The lowest BCUT2D eigenvalue weighted by atomic mass is 10.2. The third kappa shape index (κ3) is 4.50. The number of sulfonamides is 1. The van der Waals surface area contributed by atoms with E-state index in [2.05, 4.69) is 14.8 Å². The predicted octanol–water partition coefficient (Wildman–Crippen LogP) is 2.30. The standard InChI is InChI=1S/C17H17ClN2O6S/c1-19-16(21)12-9-11(5-7-15(12)25-2)27(23,24)20-14-8-10(17(22)26-3)4-6-13(14)18/h4-9,20H,1-3H3,(H,19,21). The summed E-state index contributed by atoms with van der Waals surface area (Å²) in [6.45, 7) is 0. The highest BCUT2D eigenvalue weighted by atomic mass is 35.5. The lowest BCUT2D eigenvalue weighted by Gasteiger charge is -2.13. The number of benzene rings is 2. The number of rotatable bonds is 6. The van der Waals surface area contributed by atoms with Crippen molar-refractivity contribution < 1.29 is 27.5 Å². The van der Waals surface area contributed by atoms with Crippen molar-refractivity contribution in [3.05, 3.63) is 52.5 Å². The molecule has 27 heavy (non-hydrogen) atoms. The fraction of sp³-hybridized carbons (Fsp3) is 0.176. The lowest BCUT2D eigenvalue weighted by molar-refractivity contribution is 0.0600. The van der Waals surface area contributed by atoms with E-state index in [1.807, 2.05) is 0 Å². The molecule has 0 fully saturated rings. The minimum atomic E-state index is -4.10. The summed E-state index contributed by atoms with van der Waals surface area (Å²) in [6.07, 6.45) is 0. The molecule has 2 aromatic rings.